The molecule has 0 saturated heterocycles. The van der Waals surface area contributed by atoms with Crippen molar-refractivity contribution in [3.05, 3.63) is 29.8 Å². The van der Waals surface area contributed by atoms with Crippen molar-refractivity contribution in [1.82, 2.24) is 10.2 Å². The molecule has 1 aromatic rings. The first-order valence-electron chi connectivity index (χ1n) is 6.66. The maximum atomic E-state index is 13.3. The van der Waals surface area contributed by atoms with Gasteiger partial charge < -0.3 is 20.3 Å². The normalized spacial score (nSPS) is 10.9. The van der Waals surface area contributed by atoms with Crippen LogP contribution in [0.5, 0.6) is 0 Å². The van der Waals surface area contributed by atoms with Crippen LogP contribution in [0.3, 0.4) is 0 Å². The fourth-order valence-corrected chi connectivity index (χ4v) is 1.63. The number of para-hydroxylation sites is 1. The number of anilines is 1. The molecule has 0 atom stereocenters. The van der Waals surface area contributed by atoms with Crippen LogP contribution in [0.2, 0.25) is 0 Å². The van der Waals surface area contributed by atoms with Gasteiger partial charge in [-0.3, -0.25) is 4.79 Å². The number of carbonyl (C=O) groups is 1. The van der Waals surface area contributed by atoms with E-state index in [-0.39, 0.29) is 6.54 Å². The molecule has 7 heteroatoms. The highest BCUT2D eigenvalue weighted by Gasteiger charge is 2.11. The minimum absolute atomic E-state index is 0.00804. The van der Waals surface area contributed by atoms with Crippen LogP contribution in [-0.2, 0) is 9.53 Å². The van der Waals surface area contributed by atoms with Gasteiger partial charge in [-0.05, 0) is 19.2 Å². The third-order valence-corrected chi connectivity index (χ3v) is 2.86. The number of nitrogens with zero attached hydrogens (tertiary/aromatic N) is 1. The SMILES string of the molecule is COCCN(C)CCNCC(=O)Nc1c(F)cccc1F. The van der Waals surface area contributed by atoms with E-state index >= 15 is 0 Å². The zero-order valence-electron chi connectivity index (χ0n) is 12.3. The van der Waals surface area contributed by atoms with Gasteiger partial charge >= 0.3 is 0 Å². The summed E-state index contributed by atoms with van der Waals surface area (Å²) in [7, 11) is 3.58. The number of hydrogen-bond donors (Lipinski definition) is 2. The van der Waals surface area contributed by atoms with Gasteiger partial charge in [0.05, 0.1) is 13.2 Å². The molecule has 1 rings (SSSR count). The molecule has 0 heterocycles. The molecule has 0 aliphatic rings. The van der Waals surface area contributed by atoms with E-state index < -0.39 is 23.2 Å². The van der Waals surface area contributed by atoms with Gasteiger partial charge in [-0.1, -0.05) is 6.07 Å². The van der Waals surface area contributed by atoms with Gasteiger partial charge in [0.15, 0.2) is 0 Å². The monoisotopic (exact) mass is 301 g/mol. The third kappa shape index (κ3) is 6.61. The Labute approximate surface area is 123 Å². The molecule has 0 radical (unpaired) electrons. The van der Waals surface area contributed by atoms with E-state index in [1.54, 1.807) is 7.11 Å². The topological polar surface area (TPSA) is 53.6 Å². The molecule has 0 aliphatic heterocycles. The molecule has 0 aromatic heterocycles. The Morgan fingerprint density at radius 1 is 1.29 bits per heavy atom. The fourth-order valence-electron chi connectivity index (χ4n) is 1.63. The standard InChI is InChI=1S/C14H21F2N3O2/c1-19(8-9-21-2)7-6-17-10-13(20)18-14-11(15)4-3-5-12(14)16/h3-5,17H,6-10H2,1-2H3,(H,18,20). The Kier molecular flexibility index (Phi) is 7.81. The molecular weight excluding hydrogens is 280 g/mol. The van der Waals surface area contributed by atoms with E-state index in [2.05, 4.69) is 10.6 Å². The Bertz CT molecular complexity index is 438. The van der Waals surface area contributed by atoms with Crippen LogP contribution in [0, 0.1) is 11.6 Å². The van der Waals surface area contributed by atoms with Gasteiger partial charge in [0.2, 0.25) is 5.91 Å². The zero-order valence-corrected chi connectivity index (χ0v) is 12.3. The van der Waals surface area contributed by atoms with Crippen molar-refractivity contribution in [3.63, 3.8) is 0 Å². The van der Waals surface area contributed by atoms with Gasteiger partial charge in [0, 0.05) is 26.7 Å². The second-order valence-electron chi connectivity index (χ2n) is 4.62. The van der Waals surface area contributed by atoms with E-state index in [0.717, 1.165) is 25.2 Å². The summed E-state index contributed by atoms with van der Waals surface area (Å²) >= 11 is 0. The van der Waals surface area contributed by atoms with Crippen molar-refractivity contribution in [1.29, 1.82) is 0 Å². The molecule has 21 heavy (non-hydrogen) atoms. The molecule has 2 N–H and O–H groups in total. The number of halogens is 2. The predicted octanol–water partition coefficient (Wildman–Crippen LogP) is 1.07. The molecule has 0 bridgehead atoms. The molecule has 1 aromatic carbocycles. The van der Waals surface area contributed by atoms with Crippen molar-refractivity contribution >= 4 is 11.6 Å². The number of carbonyl (C=O) groups excluding carboxylic acids is 1. The second kappa shape index (κ2) is 9.38. The lowest BCUT2D eigenvalue weighted by atomic mass is 10.3. The molecule has 0 fully saturated rings. The lowest BCUT2D eigenvalue weighted by Crippen LogP contribution is -2.35. The molecule has 0 unspecified atom stereocenters. The Morgan fingerprint density at radius 3 is 2.57 bits per heavy atom. The lowest BCUT2D eigenvalue weighted by Gasteiger charge is -2.16. The van der Waals surface area contributed by atoms with E-state index in [1.165, 1.54) is 6.07 Å². The van der Waals surface area contributed by atoms with Gasteiger partial charge in [-0.2, -0.15) is 0 Å². The predicted molar refractivity (Wildman–Crippen MR) is 77.2 cm³/mol. The average molecular weight is 301 g/mol. The van der Waals surface area contributed by atoms with E-state index in [9.17, 15) is 13.6 Å². The third-order valence-electron chi connectivity index (χ3n) is 2.86. The molecule has 1 amide bonds. The number of amides is 1. The molecule has 0 saturated carbocycles. The summed E-state index contributed by atoms with van der Waals surface area (Å²) in [6.07, 6.45) is 0. The summed E-state index contributed by atoms with van der Waals surface area (Å²) in [5, 5.41) is 5.13. The van der Waals surface area contributed by atoms with Gasteiger partial charge in [-0.15, -0.1) is 0 Å². The summed E-state index contributed by atoms with van der Waals surface area (Å²) in [5.41, 5.74) is -0.415. The van der Waals surface area contributed by atoms with Crippen molar-refractivity contribution in [2.24, 2.45) is 0 Å². The Hall–Kier alpha value is -1.57. The smallest absolute Gasteiger partial charge is 0.238 e. The molecule has 5 nitrogen and oxygen atoms in total. The zero-order chi connectivity index (χ0) is 15.7. The highest BCUT2D eigenvalue weighted by molar-refractivity contribution is 5.92. The number of rotatable bonds is 9. The van der Waals surface area contributed by atoms with Crippen LogP contribution < -0.4 is 10.6 Å². The highest BCUT2D eigenvalue weighted by atomic mass is 19.1. The van der Waals surface area contributed by atoms with Gasteiger partial charge in [-0.25, -0.2) is 8.78 Å². The number of likely N-dealkylation sites (N-methyl/N-ethyl adjacent to an activating group) is 1. The number of nitrogens with one attached hydrogen (secondary N) is 2. The highest BCUT2D eigenvalue weighted by Crippen LogP contribution is 2.17. The van der Waals surface area contributed by atoms with Gasteiger partial charge in [0.25, 0.3) is 0 Å². The second-order valence-corrected chi connectivity index (χ2v) is 4.62. The first kappa shape index (κ1) is 17.5. The van der Waals surface area contributed by atoms with Crippen LogP contribution in [-0.4, -0.2) is 57.8 Å². The van der Waals surface area contributed by atoms with Crippen molar-refractivity contribution in [2.75, 3.05) is 52.3 Å². The van der Waals surface area contributed by atoms with Crippen molar-refractivity contribution in [2.45, 2.75) is 0 Å². The summed E-state index contributed by atoms with van der Waals surface area (Å²) in [6, 6.07) is 3.43. The first-order chi connectivity index (χ1) is 10.0. The van der Waals surface area contributed by atoms with E-state index in [1.807, 2.05) is 11.9 Å². The summed E-state index contributed by atoms with van der Waals surface area (Å²) < 4.78 is 31.6. The van der Waals surface area contributed by atoms with E-state index in [0.29, 0.717) is 13.2 Å². The number of hydrogen-bond acceptors (Lipinski definition) is 4. The minimum atomic E-state index is -0.789. The maximum absolute atomic E-state index is 13.3. The first-order valence-corrected chi connectivity index (χ1v) is 6.66. The number of methoxy groups -OCH3 is 1. The van der Waals surface area contributed by atoms with Crippen LogP contribution in [0.25, 0.3) is 0 Å². The van der Waals surface area contributed by atoms with Gasteiger partial charge in [0.1, 0.15) is 17.3 Å². The summed E-state index contributed by atoms with van der Waals surface area (Å²) in [4.78, 5) is 13.6. The largest absolute Gasteiger partial charge is 0.383 e. The Balaban J connectivity index is 2.26. The number of benzene rings is 1. The Morgan fingerprint density at radius 2 is 1.95 bits per heavy atom. The summed E-state index contributed by atoms with van der Waals surface area (Å²) in [6.45, 7) is 2.76. The van der Waals surface area contributed by atoms with Crippen molar-refractivity contribution in [3.8, 4) is 0 Å². The molecule has 0 aliphatic carbocycles. The van der Waals surface area contributed by atoms with Crippen LogP contribution >= 0.6 is 0 Å². The van der Waals surface area contributed by atoms with Crippen LogP contribution in [0.15, 0.2) is 18.2 Å². The van der Waals surface area contributed by atoms with Crippen LogP contribution in [0.4, 0.5) is 14.5 Å². The molecule has 118 valence electrons. The lowest BCUT2D eigenvalue weighted by molar-refractivity contribution is -0.115. The fraction of sp³-hybridized carbons (Fsp3) is 0.500. The van der Waals surface area contributed by atoms with E-state index in [4.69, 9.17) is 4.74 Å². The maximum Gasteiger partial charge on any atom is 0.238 e. The molecule has 0 spiro atoms. The average Bonchev–Trinajstić information content (AvgIpc) is 2.45. The van der Waals surface area contributed by atoms with Crippen LogP contribution in [0.1, 0.15) is 0 Å². The van der Waals surface area contributed by atoms with Crippen molar-refractivity contribution < 1.29 is 18.3 Å². The minimum Gasteiger partial charge on any atom is -0.383 e. The quantitative estimate of drug-likeness (QED) is 0.670. The molecular formula is C14H21F2N3O2. The number of ether oxygens (including phenoxy) is 1. The summed E-state index contributed by atoms with van der Waals surface area (Å²) in [5.74, 6) is -2.07.